The zero-order chi connectivity index (χ0) is 13.0. The van der Waals surface area contributed by atoms with Crippen LogP contribution in [0.25, 0.3) is 0 Å². The Morgan fingerprint density at radius 3 is 2.61 bits per heavy atom. The van der Waals surface area contributed by atoms with Gasteiger partial charge in [-0.1, -0.05) is 30.3 Å². The first-order valence-electron chi connectivity index (χ1n) is 5.91. The molecule has 0 bridgehead atoms. The minimum atomic E-state index is -1.11. The van der Waals surface area contributed by atoms with E-state index < -0.39 is 11.6 Å². The number of hydrogen-bond acceptors (Lipinski definition) is 3. The molecule has 5 heteroatoms. The molecule has 3 N–H and O–H groups in total. The first kappa shape index (κ1) is 12.9. The van der Waals surface area contributed by atoms with Gasteiger partial charge in [-0.05, 0) is 18.4 Å². The summed E-state index contributed by atoms with van der Waals surface area (Å²) in [4.78, 5) is 10.6. The number of carboxylic acid groups (broad SMARTS) is 1. The van der Waals surface area contributed by atoms with Crippen LogP contribution in [-0.2, 0) is 11.3 Å². The van der Waals surface area contributed by atoms with Crippen LogP contribution in [0.4, 0.5) is 4.79 Å². The number of hydrogen-bond donors (Lipinski definition) is 3. The number of amides is 1. The van der Waals surface area contributed by atoms with Crippen molar-refractivity contribution in [3.8, 4) is 0 Å². The minimum Gasteiger partial charge on any atom is -0.465 e. The van der Waals surface area contributed by atoms with Gasteiger partial charge >= 0.3 is 6.09 Å². The van der Waals surface area contributed by atoms with E-state index in [-0.39, 0.29) is 12.7 Å². The molecular formula is C13H17NO4. The van der Waals surface area contributed by atoms with Crippen molar-refractivity contribution in [1.82, 2.24) is 5.32 Å². The predicted octanol–water partition coefficient (Wildman–Crippen LogP) is 1.36. The molecule has 0 atom stereocenters. The third-order valence-electron chi connectivity index (χ3n) is 3.24. The average molecular weight is 251 g/mol. The summed E-state index contributed by atoms with van der Waals surface area (Å²) in [5.41, 5.74) is 0.373. The molecule has 1 amide bonds. The average Bonchev–Trinajstić information content (AvgIpc) is 2.32. The first-order chi connectivity index (χ1) is 8.63. The van der Waals surface area contributed by atoms with E-state index in [1.165, 1.54) is 0 Å². The largest absolute Gasteiger partial charge is 0.465 e. The number of nitrogens with one attached hydrogen (secondary N) is 1. The molecule has 0 unspecified atom stereocenters. The van der Waals surface area contributed by atoms with Gasteiger partial charge in [0.1, 0.15) is 0 Å². The van der Waals surface area contributed by atoms with E-state index in [0.717, 1.165) is 5.56 Å². The number of rotatable bonds is 5. The molecule has 1 aliphatic rings. The predicted molar refractivity (Wildman–Crippen MR) is 65.2 cm³/mol. The van der Waals surface area contributed by atoms with Crippen LogP contribution in [-0.4, -0.2) is 34.6 Å². The van der Waals surface area contributed by atoms with E-state index in [4.69, 9.17) is 9.84 Å². The number of aliphatic hydroxyl groups excluding tert-OH is 1. The van der Waals surface area contributed by atoms with Crippen LogP contribution < -0.4 is 5.32 Å². The highest BCUT2D eigenvalue weighted by Gasteiger charge is 2.45. The molecule has 1 fully saturated rings. The maximum Gasteiger partial charge on any atom is 0.405 e. The second-order valence-electron chi connectivity index (χ2n) is 4.70. The lowest BCUT2D eigenvalue weighted by atomic mass is 9.75. The van der Waals surface area contributed by atoms with E-state index in [2.05, 4.69) is 5.32 Å². The van der Waals surface area contributed by atoms with Gasteiger partial charge in [-0.3, -0.25) is 0 Å². The summed E-state index contributed by atoms with van der Waals surface area (Å²) in [6.45, 7) is 0.324. The number of benzene rings is 1. The van der Waals surface area contributed by atoms with Crippen LogP contribution >= 0.6 is 0 Å². The van der Waals surface area contributed by atoms with E-state index >= 15 is 0 Å². The summed E-state index contributed by atoms with van der Waals surface area (Å²) in [7, 11) is 0. The maximum atomic E-state index is 10.6. The normalized spacial score (nSPS) is 26.4. The smallest absolute Gasteiger partial charge is 0.405 e. The molecule has 98 valence electrons. The summed E-state index contributed by atoms with van der Waals surface area (Å²) in [6, 6.07) is 9.80. The van der Waals surface area contributed by atoms with Gasteiger partial charge in [0.2, 0.25) is 0 Å². The Bertz CT molecular complexity index is 401. The molecule has 5 nitrogen and oxygen atoms in total. The fraction of sp³-hybridized carbons (Fsp3) is 0.462. The van der Waals surface area contributed by atoms with Crippen molar-refractivity contribution < 1.29 is 19.7 Å². The maximum absolute atomic E-state index is 10.6. The Labute approximate surface area is 105 Å². The van der Waals surface area contributed by atoms with E-state index in [1.54, 1.807) is 0 Å². The van der Waals surface area contributed by atoms with Crippen molar-refractivity contribution in [3.05, 3.63) is 35.9 Å². The summed E-state index contributed by atoms with van der Waals surface area (Å²) in [5.74, 6) is 0. The molecule has 1 aromatic rings. The molecule has 0 spiro atoms. The van der Waals surface area contributed by atoms with Gasteiger partial charge in [0, 0.05) is 0 Å². The standard InChI is InChI=1S/C13H17NO4/c15-9-13(14-12(16)17)6-11(7-13)18-8-10-4-2-1-3-5-10/h1-5,11,14-15H,6-9H2,(H,16,17). The molecule has 0 heterocycles. The molecule has 2 rings (SSSR count). The highest BCUT2D eigenvalue weighted by molar-refractivity contribution is 5.66. The van der Waals surface area contributed by atoms with Gasteiger partial charge in [0.15, 0.2) is 0 Å². The van der Waals surface area contributed by atoms with Crippen LogP contribution in [0.1, 0.15) is 18.4 Å². The Morgan fingerprint density at radius 2 is 2.06 bits per heavy atom. The van der Waals surface area contributed by atoms with Crippen molar-refractivity contribution >= 4 is 6.09 Å². The Balaban J connectivity index is 1.77. The highest BCUT2D eigenvalue weighted by atomic mass is 16.5. The fourth-order valence-corrected chi connectivity index (χ4v) is 2.22. The quantitative estimate of drug-likeness (QED) is 0.738. The van der Waals surface area contributed by atoms with Crippen LogP contribution in [0.15, 0.2) is 30.3 Å². The van der Waals surface area contributed by atoms with Gasteiger partial charge in [0.25, 0.3) is 0 Å². The number of carbonyl (C=O) groups is 1. The number of aliphatic hydroxyl groups is 1. The van der Waals surface area contributed by atoms with Gasteiger partial charge in [-0.25, -0.2) is 4.79 Å². The lowest BCUT2D eigenvalue weighted by Crippen LogP contribution is -2.62. The highest BCUT2D eigenvalue weighted by Crippen LogP contribution is 2.34. The van der Waals surface area contributed by atoms with Crippen LogP contribution in [0.3, 0.4) is 0 Å². The SMILES string of the molecule is O=C(O)NC1(CO)CC(OCc2ccccc2)C1. The molecule has 18 heavy (non-hydrogen) atoms. The zero-order valence-corrected chi connectivity index (χ0v) is 10.0. The van der Waals surface area contributed by atoms with Gasteiger partial charge < -0.3 is 20.3 Å². The summed E-state index contributed by atoms with van der Waals surface area (Å²) in [5, 5.41) is 20.2. The molecule has 0 radical (unpaired) electrons. The summed E-state index contributed by atoms with van der Waals surface area (Å²) >= 11 is 0. The van der Waals surface area contributed by atoms with Crippen LogP contribution in [0.2, 0.25) is 0 Å². The number of ether oxygens (including phenoxy) is 1. The molecule has 1 saturated carbocycles. The Morgan fingerprint density at radius 1 is 1.39 bits per heavy atom. The third-order valence-corrected chi connectivity index (χ3v) is 3.24. The minimum absolute atomic E-state index is 0.00389. The van der Waals surface area contributed by atoms with Crippen LogP contribution in [0, 0.1) is 0 Å². The topological polar surface area (TPSA) is 78.8 Å². The lowest BCUT2D eigenvalue weighted by Gasteiger charge is -2.45. The molecule has 0 saturated heterocycles. The van der Waals surface area contributed by atoms with E-state index in [0.29, 0.717) is 19.4 Å². The summed E-state index contributed by atoms with van der Waals surface area (Å²) in [6.07, 6.45) is -0.0691. The molecule has 1 aromatic carbocycles. The Hall–Kier alpha value is -1.59. The molecule has 0 aromatic heterocycles. The van der Waals surface area contributed by atoms with Crippen molar-refractivity contribution in [1.29, 1.82) is 0 Å². The Kier molecular flexibility index (Phi) is 3.84. The molecule has 0 aliphatic heterocycles. The van der Waals surface area contributed by atoms with Crippen molar-refractivity contribution in [2.75, 3.05) is 6.61 Å². The van der Waals surface area contributed by atoms with Crippen molar-refractivity contribution in [2.45, 2.75) is 31.1 Å². The van der Waals surface area contributed by atoms with Gasteiger partial charge in [-0.2, -0.15) is 0 Å². The van der Waals surface area contributed by atoms with Gasteiger partial charge in [0.05, 0.1) is 24.9 Å². The fourth-order valence-electron chi connectivity index (χ4n) is 2.22. The van der Waals surface area contributed by atoms with Crippen LogP contribution in [0.5, 0.6) is 0 Å². The van der Waals surface area contributed by atoms with Gasteiger partial charge in [-0.15, -0.1) is 0 Å². The lowest BCUT2D eigenvalue weighted by molar-refractivity contribution is -0.0773. The van der Waals surface area contributed by atoms with E-state index in [9.17, 15) is 9.90 Å². The zero-order valence-electron chi connectivity index (χ0n) is 10.0. The molecular weight excluding hydrogens is 234 g/mol. The summed E-state index contributed by atoms with van der Waals surface area (Å²) < 4.78 is 5.66. The van der Waals surface area contributed by atoms with E-state index in [1.807, 2.05) is 30.3 Å². The second kappa shape index (κ2) is 5.37. The monoisotopic (exact) mass is 251 g/mol. The van der Waals surface area contributed by atoms with Crippen molar-refractivity contribution in [3.63, 3.8) is 0 Å². The third kappa shape index (κ3) is 3.00. The van der Waals surface area contributed by atoms with Crippen molar-refractivity contribution in [2.24, 2.45) is 0 Å². The molecule has 1 aliphatic carbocycles. The second-order valence-corrected chi connectivity index (χ2v) is 4.70. The first-order valence-corrected chi connectivity index (χ1v) is 5.91.